The van der Waals surface area contributed by atoms with E-state index in [-0.39, 0.29) is 5.69 Å². The van der Waals surface area contributed by atoms with Crippen molar-refractivity contribution in [2.24, 2.45) is 17.6 Å². The minimum Gasteiger partial charge on any atom is -0.461 e. The molecular weight excluding hydrogens is 734 g/mol. The molecule has 268 valence electrons. The van der Waals surface area contributed by atoms with Gasteiger partial charge in [-0.2, -0.15) is 10.2 Å². The molecule has 0 aliphatic heterocycles. The van der Waals surface area contributed by atoms with Gasteiger partial charge in [0.2, 0.25) is 0 Å². The molecule has 2 N–H and O–H groups in total. The van der Waals surface area contributed by atoms with Gasteiger partial charge in [0.05, 0.1) is 27.4 Å². The molecule has 8 rings (SSSR count). The quantitative estimate of drug-likeness (QED) is 0.145. The molecule has 0 spiro atoms. The smallest absolute Gasteiger partial charge is 0.360 e. The molecule has 0 unspecified atom stereocenters. The molecule has 2 fully saturated rings. The third kappa shape index (κ3) is 8.15. The van der Waals surface area contributed by atoms with Gasteiger partial charge >= 0.3 is 5.97 Å². The van der Waals surface area contributed by atoms with E-state index < -0.39 is 11.9 Å². The van der Waals surface area contributed by atoms with Gasteiger partial charge in [-0.3, -0.25) is 4.79 Å². The molecule has 4 heterocycles. The van der Waals surface area contributed by atoms with Crippen molar-refractivity contribution in [3.8, 4) is 20.9 Å². The number of nitrogens with two attached hydrogens (primary N) is 1. The van der Waals surface area contributed by atoms with Gasteiger partial charge in [-0.05, 0) is 79.1 Å². The Kier molecular flexibility index (Phi) is 11.5. The predicted octanol–water partition coefficient (Wildman–Crippen LogP) is 10.8. The maximum absolute atomic E-state index is 12.4. The second-order valence-electron chi connectivity index (χ2n) is 13.5. The van der Waals surface area contributed by atoms with Crippen LogP contribution in [0.1, 0.15) is 90.7 Å². The lowest BCUT2D eigenvalue weighted by atomic mass is 9.99. The SMILES string of the molecule is CCOC(=O)c1nnc(CC2CCCC2)c2cc(-c3ccc(Cl)cc3)sc12.NC(=O)c1nnc(CC2CCCC2)c2cc(-c3ccc(Cl)cc3)sc12. The molecule has 8 nitrogen and oxygen atoms in total. The van der Waals surface area contributed by atoms with Gasteiger partial charge in [0, 0.05) is 30.6 Å². The first-order valence-electron chi connectivity index (χ1n) is 17.8. The molecule has 0 radical (unpaired) electrons. The number of ether oxygens (including phenoxy) is 1. The summed E-state index contributed by atoms with van der Waals surface area (Å²) in [7, 11) is 0. The zero-order chi connectivity index (χ0) is 36.2. The van der Waals surface area contributed by atoms with E-state index in [1.165, 1.54) is 62.7 Å². The van der Waals surface area contributed by atoms with Gasteiger partial charge in [0.15, 0.2) is 11.4 Å². The van der Waals surface area contributed by atoms with E-state index in [4.69, 9.17) is 33.7 Å². The van der Waals surface area contributed by atoms with Crippen molar-refractivity contribution in [2.75, 3.05) is 6.61 Å². The van der Waals surface area contributed by atoms with Gasteiger partial charge in [-0.25, -0.2) is 4.79 Å². The third-order valence-electron chi connectivity index (χ3n) is 9.93. The minimum atomic E-state index is -0.533. The maximum Gasteiger partial charge on any atom is 0.360 e. The van der Waals surface area contributed by atoms with E-state index in [0.29, 0.717) is 34.2 Å². The number of benzene rings is 2. The number of hydrogen-bond donors (Lipinski definition) is 1. The van der Waals surface area contributed by atoms with Crippen LogP contribution in [-0.2, 0) is 17.6 Å². The molecule has 4 aromatic heterocycles. The highest BCUT2D eigenvalue weighted by Crippen LogP contribution is 2.40. The maximum atomic E-state index is 12.4. The van der Waals surface area contributed by atoms with Crippen LogP contribution in [0.25, 0.3) is 41.1 Å². The van der Waals surface area contributed by atoms with E-state index in [1.54, 1.807) is 18.3 Å². The van der Waals surface area contributed by atoms with Crippen molar-refractivity contribution in [3.05, 3.63) is 93.5 Å². The van der Waals surface area contributed by atoms with E-state index in [1.807, 2.05) is 48.5 Å². The Labute approximate surface area is 320 Å². The van der Waals surface area contributed by atoms with Crippen LogP contribution in [0.3, 0.4) is 0 Å². The number of thiophene rings is 2. The molecular formula is C40H39Cl2N5O3S2. The van der Waals surface area contributed by atoms with Crippen LogP contribution >= 0.6 is 45.9 Å². The Bertz CT molecular complexity index is 2210. The van der Waals surface area contributed by atoms with Crippen molar-refractivity contribution in [1.29, 1.82) is 0 Å². The number of primary amides is 1. The van der Waals surface area contributed by atoms with Crippen molar-refractivity contribution in [2.45, 2.75) is 71.1 Å². The number of halogens is 2. The Morgan fingerprint density at radius 2 is 1.12 bits per heavy atom. The van der Waals surface area contributed by atoms with Crippen molar-refractivity contribution in [3.63, 3.8) is 0 Å². The van der Waals surface area contributed by atoms with Gasteiger partial charge in [-0.1, -0.05) is 98.8 Å². The van der Waals surface area contributed by atoms with Crippen LogP contribution in [0.5, 0.6) is 0 Å². The summed E-state index contributed by atoms with van der Waals surface area (Å²) < 4.78 is 6.88. The Balaban J connectivity index is 0.000000162. The summed E-state index contributed by atoms with van der Waals surface area (Å²) in [6.45, 7) is 2.12. The first kappa shape index (κ1) is 36.4. The van der Waals surface area contributed by atoms with Gasteiger partial charge in [0.25, 0.3) is 5.91 Å². The molecule has 52 heavy (non-hydrogen) atoms. The van der Waals surface area contributed by atoms with Crippen LogP contribution in [0.15, 0.2) is 60.7 Å². The van der Waals surface area contributed by atoms with E-state index in [0.717, 1.165) is 65.3 Å². The average molecular weight is 773 g/mol. The zero-order valence-electron chi connectivity index (χ0n) is 28.9. The van der Waals surface area contributed by atoms with Crippen molar-refractivity contribution in [1.82, 2.24) is 20.4 Å². The highest BCUT2D eigenvalue weighted by atomic mass is 35.5. The average Bonchev–Trinajstić information content (AvgIpc) is 3.97. The van der Waals surface area contributed by atoms with Crippen molar-refractivity contribution < 1.29 is 14.3 Å². The number of fused-ring (bicyclic) bond motifs is 2. The fourth-order valence-electron chi connectivity index (χ4n) is 7.27. The lowest BCUT2D eigenvalue weighted by Gasteiger charge is -2.09. The van der Waals surface area contributed by atoms with Crippen LogP contribution in [0.2, 0.25) is 10.0 Å². The van der Waals surface area contributed by atoms with Crippen LogP contribution in [0, 0.1) is 11.8 Å². The van der Waals surface area contributed by atoms with Crippen LogP contribution in [-0.4, -0.2) is 38.9 Å². The summed E-state index contributed by atoms with van der Waals surface area (Å²) >= 11 is 15.1. The van der Waals surface area contributed by atoms with E-state index >= 15 is 0 Å². The summed E-state index contributed by atoms with van der Waals surface area (Å²) in [4.78, 5) is 26.3. The topological polar surface area (TPSA) is 121 Å². The minimum absolute atomic E-state index is 0.260. The highest BCUT2D eigenvalue weighted by molar-refractivity contribution is 7.23. The normalized spacial score (nSPS) is 14.9. The van der Waals surface area contributed by atoms with E-state index in [9.17, 15) is 9.59 Å². The zero-order valence-corrected chi connectivity index (χ0v) is 32.0. The summed E-state index contributed by atoms with van der Waals surface area (Å²) in [5.41, 5.74) is 10.2. The summed E-state index contributed by atoms with van der Waals surface area (Å²) in [5.74, 6) is 0.381. The lowest BCUT2D eigenvalue weighted by Crippen LogP contribution is -2.15. The fourth-order valence-corrected chi connectivity index (χ4v) is 9.85. The number of hydrogen-bond acceptors (Lipinski definition) is 9. The Morgan fingerprint density at radius 3 is 1.54 bits per heavy atom. The lowest BCUT2D eigenvalue weighted by molar-refractivity contribution is 0.0520. The van der Waals surface area contributed by atoms with E-state index in [2.05, 4.69) is 32.5 Å². The molecule has 0 saturated heterocycles. The molecule has 2 saturated carbocycles. The van der Waals surface area contributed by atoms with Gasteiger partial charge < -0.3 is 10.5 Å². The predicted molar refractivity (Wildman–Crippen MR) is 212 cm³/mol. The summed E-state index contributed by atoms with van der Waals surface area (Å²) in [6.07, 6.45) is 12.0. The Morgan fingerprint density at radius 1 is 0.692 bits per heavy atom. The van der Waals surface area contributed by atoms with Crippen molar-refractivity contribution >= 4 is 77.9 Å². The number of esters is 1. The molecule has 0 bridgehead atoms. The monoisotopic (exact) mass is 771 g/mol. The Hall–Kier alpha value is -3.96. The number of aromatic nitrogens is 4. The van der Waals surface area contributed by atoms with Gasteiger partial charge in [0.1, 0.15) is 0 Å². The standard InChI is InChI=1S/C21H21ClN2O2S.C19H18ClN3OS/c1-2-26-21(25)19-20-16(17(23-24-19)11-13-5-3-4-6-13)12-18(27-20)14-7-9-15(22)10-8-14;20-13-7-5-12(6-8-13)16-10-14-15(9-11-3-1-2-4-11)22-23-17(19(21)24)18(14)25-16/h7-10,12-13H,2-6,11H2,1H3;5-8,10-11H,1-4,9H2,(H2,21,24). The molecule has 2 aromatic carbocycles. The second kappa shape index (κ2) is 16.4. The molecule has 1 amide bonds. The van der Waals surface area contributed by atoms with Crippen LogP contribution in [0.4, 0.5) is 0 Å². The molecule has 2 aliphatic rings. The molecule has 0 atom stereocenters. The first-order valence-corrected chi connectivity index (χ1v) is 20.2. The number of rotatable bonds is 9. The highest BCUT2D eigenvalue weighted by Gasteiger charge is 2.24. The molecule has 2 aliphatic carbocycles. The number of nitrogens with zero attached hydrogens (tertiary/aromatic N) is 4. The number of amides is 1. The number of carbonyl (C=O) groups is 2. The first-order chi connectivity index (χ1) is 25.3. The van der Waals surface area contributed by atoms with Crippen LogP contribution < -0.4 is 5.73 Å². The molecule has 6 aromatic rings. The second-order valence-corrected chi connectivity index (χ2v) is 16.5. The largest absolute Gasteiger partial charge is 0.461 e. The molecule has 12 heteroatoms. The number of carbonyl (C=O) groups excluding carboxylic acids is 2. The fraction of sp³-hybridized carbons (Fsp3) is 0.350. The summed E-state index contributed by atoms with van der Waals surface area (Å²) in [5, 5.41) is 20.6. The van der Waals surface area contributed by atoms with Gasteiger partial charge in [-0.15, -0.1) is 32.9 Å². The summed E-state index contributed by atoms with van der Waals surface area (Å²) in [6, 6.07) is 19.7. The third-order valence-corrected chi connectivity index (χ3v) is 12.8.